The predicted octanol–water partition coefficient (Wildman–Crippen LogP) is 1.70. The molecule has 2 rings (SSSR count). The SMILES string of the molecule is CC1(O)CCN(C(=O)COc2ccc(Cl)cc2)C1. The Hall–Kier alpha value is -1.26. The molecule has 1 unspecified atom stereocenters. The Morgan fingerprint density at radius 1 is 1.50 bits per heavy atom. The number of likely N-dealkylation sites (tertiary alicyclic amines) is 1. The fraction of sp³-hybridized carbons (Fsp3) is 0.462. The topological polar surface area (TPSA) is 49.8 Å². The lowest BCUT2D eigenvalue weighted by molar-refractivity contribution is -0.133. The van der Waals surface area contributed by atoms with Gasteiger partial charge in [0.15, 0.2) is 6.61 Å². The lowest BCUT2D eigenvalue weighted by Gasteiger charge is -2.19. The minimum absolute atomic E-state index is 0.0162. The van der Waals surface area contributed by atoms with E-state index in [1.165, 1.54) is 0 Å². The minimum atomic E-state index is -0.768. The number of nitrogens with zero attached hydrogens (tertiary/aromatic N) is 1. The highest BCUT2D eigenvalue weighted by Crippen LogP contribution is 2.20. The van der Waals surface area contributed by atoms with Gasteiger partial charge in [-0.05, 0) is 37.6 Å². The summed E-state index contributed by atoms with van der Waals surface area (Å²) >= 11 is 5.75. The number of halogens is 1. The zero-order chi connectivity index (χ0) is 13.2. The van der Waals surface area contributed by atoms with Crippen molar-refractivity contribution in [1.82, 2.24) is 4.90 Å². The van der Waals surface area contributed by atoms with Gasteiger partial charge in [-0.2, -0.15) is 0 Å². The number of hydrogen-bond donors (Lipinski definition) is 1. The van der Waals surface area contributed by atoms with Crippen LogP contribution >= 0.6 is 11.6 Å². The second kappa shape index (κ2) is 5.16. The predicted molar refractivity (Wildman–Crippen MR) is 68.8 cm³/mol. The van der Waals surface area contributed by atoms with E-state index < -0.39 is 5.60 Å². The highest BCUT2D eigenvalue weighted by atomic mass is 35.5. The number of hydrogen-bond acceptors (Lipinski definition) is 3. The molecule has 0 bridgehead atoms. The lowest BCUT2D eigenvalue weighted by atomic mass is 10.1. The van der Waals surface area contributed by atoms with E-state index >= 15 is 0 Å². The molecule has 5 heteroatoms. The van der Waals surface area contributed by atoms with Crippen LogP contribution in [0.4, 0.5) is 0 Å². The van der Waals surface area contributed by atoms with Gasteiger partial charge in [0.05, 0.1) is 5.60 Å². The van der Waals surface area contributed by atoms with Gasteiger partial charge in [0.1, 0.15) is 5.75 Å². The molecule has 1 fully saturated rings. The molecule has 98 valence electrons. The number of amides is 1. The molecule has 0 radical (unpaired) electrons. The minimum Gasteiger partial charge on any atom is -0.484 e. The van der Waals surface area contributed by atoms with Crippen LogP contribution in [0.25, 0.3) is 0 Å². The van der Waals surface area contributed by atoms with Gasteiger partial charge in [0.25, 0.3) is 5.91 Å². The van der Waals surface area contributed by atoms with E-state index in [2.05, 4.69) is 0 Å². The summed E-state index contributed by atoms with van der Waals surface area (Å²) < 4.78 is 5.37. The Labute approximate surface area is 111 Å². The van der Waals surface area contributed by atoms with Gasteiger partial charge >= 0.3 is 0 Å². The summed E-state index contributed by atoms with van der Waals surface area (Å²) in [5.74, 6) is 0.501. The average molecular weight is 270 g/mol. The fourth-order valence-electron chi connectivity index (χ4n) is 1.93. The van der Waals surface area contributed by atoms with Gasteiger partial charge in [-0.3, -0.25) is 4.79 Å². The summed E-state index contributed by atoms with van der Waals surface area (Å²) in [6.07, 6.45) is 0.611. The first kappa shape index (κ1) is 13.2. The van der Waals surface area contributed by atoms with Crippen molar-refractivity contribution in [3.05, 3.63) is 29.3 Å². The van der Waals surface area contributed by atoms with Crippen molar-refractivity contribution in [2.24, 2.45) is 0 Å². The van der Waals surface area contributed by atoms with Crippen LogP contribution in [0.2, 0.25) is 5.02 Å². The molecule has 1 aliphatic heterocycles. The highest BCUT2D eigenvalue weighted by molar-refractivity contribution is 6.30. The molecule has 0 aliphatic carbocycles. The maximum absolute atomic E-state index is 11.8. The molecule has 1 aromatic carbocycles. The summed E-state index contributed by atoms with van der Waals surface area (Å²) in [6.45, 7) is 2.67. The van der Waals surface area contributed by atoms with Crippen LogP contribution in [0.3, 0.4) is 0 Å². The highest BCUT2D eigenvalue weighted by Gasteiger charge is 2.33. The van der Waals surface area contributed by atoms with Crippen molar-refractivity contribution in [3.8, 4) is 5.75 Å². The molecule has 1 aromatic rings. The van der Waals surface area contributed by atoms with Crippen LogP contribution in [0.15, 0.2) is 24.3 Å². The van der Waals surface area contributed by atoms with Crippen molar-refractivity contribution in [1.29, 1.82) is 0 Å². The second-order valence-electron chi connectivity index (χ2n) is 4.80. The number of benzene rings is 1. The van der Waals surface area contributed by atoms with Gasteiger partial charge in [0.2, 0.25) is 0 Å². The molecule has 18 heavy (non-hydrogen) atoms. The van der Waals surface area contributed by atoms with Gasteiger partial charge in [-0.25, -0.2) is 0 Å². The Balaban J connectivity index is 1.84. The molecule has 4 nitrogen and oxygen atoms in total. The van der Waals surface area contributed by atoms with E-state index in [1.54, 1.807) is 36.1 Å². The van der Waals surface area contributed by atoms with E-state index in [-0.39, 0.29) is 12.5 Å². The molecule has 1 amide bonds. The van der Waals surface area contributed by atoms with Gasteiger partial charge < -0.3 is 14.7 Å². The van der Waals surface area contributed by atoms with Crippen LogP contribution < -0.4 is 4.74 Å². The molecule has 1 N–H and O–H groups in total. The fourth-order valence-corrected chi connectivity index (χ4v) is 2.05. The smallest absolute Gasteiger partial charge is 0.260 e. The largest absolute Gasteiger partial charge is 0.484 e. The number of aliphatic hydroxyl groups is 1. The monoisotopic (exact) mass is 269 g/mol. The second-order valence-corrected chi connectivity index (χ2v) is 5.24. The van der Waals surface area contributed by atoms with E-state index in [9.17, 15) is 9.90 Å². The third-order valence-corrected chi connectivity index (χ3v) is 3.23. The Morgan fingerprint density at radius 3 is 2.72 bits per heavy atom. The zero-order valence-electron chi connectivity index (χ0n) is 10.2. The summed E-state index contributed by atoms with van der Waals surface area (Å²) in [5, 5.41) is 10.4. The van der Waals surface area contributed by atoms with Crippen molar-refractivity contribution < 1.29 is 14.6 Å². The lowest BCUT2D eigenvalue weighted by Crippen LogP contribution is -2.36. The molecule has 0 spiro atoms. The van der Waals surface area contributed by atoms with Crippen molar-refractivity contribution in [2.45, 2.75) is 18.9 Å². The van der Waals surface area contributed by atoms with E-state index in [0.717, 1.165) is 0 Å². The Bertz CT molecular complexity index is 430. The Morgan fingerprint density at radius 2 is 2.17 bits per heavy atom. The number of rotatable bonds is 3. The maximum atomic E-state index is 11.8. The quantitative estimate of drug-likeness (QED) is 0.909. The van der Waals surface area contributed by atoms with Crippen LogP contribution in [-0.2, 0) is 4.79 Å². The van der Waals surface area contributed by atoms with Gasteiger partial charge in [-0.15, -0.1) is 0 Å². The Kier molecular flexibility index (Phi) is 3.78. The third-order valence-electron chi connectivity index (χ3n) is 2.98. The normalized spacial score (nSPS) is 23.2. The molecule has 0 saturated carbocycles. The molecule has 0 aromatic heterocycles. The first-order valence-electron chi connectivity index (χ1n) is 5.85. The average Bonchev–Trinajstić information content (AvgIpc) is 2.69. The van der Waals surface area contributed by atoms with Gasteiger partial charge in [-0.1, -0.05) is 11.6 Å². The summed E-state index contributed by atoms with van der Waals surface area (Å²) in [5.41, 5.74) is -0.768. The van der Waals surface area contributed by atoms with Crippen LogP contribution in [-0.4, -0.2) is 41.2 Å². The number of carbonyl (C=O) groups excluding carboxylic acids is 1. The van der Waals surface area contributed by atoms with Gasteiger partial charge in [0, 0.05) is 18.1 Å². The van der Waals surface area contributed by atoms with E-state index in [0.29, 0.717) is 30.3 Å². The van der Waals surface area contributed by atoms with Crippen LogP contribution in [0.5, 0.6) is 5.75 Å². The first-order valence-corrected chi connectivity index (χ1v) is 6.23. The molecular weight excluding hydrogens is 254 g/mol. The summed E-state index contributed by atoms with van der Waals surface area (Å²) in [7, 11) is 0. The summed E-state index contributed by atoms with van der Waals surface area (Å²) in [6, 6.07) is 6.86. The van der Waals surface area contributed by atoms with Crippen LogP contribution in [0.1, 0.15) is 13.3 Å². The number of β-amino-alcohol motifs (C(OH)–C–C–N with tert-alkyl or cyclic N) is 1. The standard InChI is InChI=1S/C13H16ClNO3/c1-13(17)6-7-15(9-13)12(16)8-18-11-4-2-10(14)3-5-11/h2-5,17H,6-9H2,1H3. The summed E-state index contributed by atoms with van der Waals surface area (Å²) in [4.78, 5) is 13.5. The van der Waals surface area contributed by atoms with Crippen molar-refractivity contribution in [2.75, 3.05) is 19.7 Å². The molecule has 1 heterocycles. The zero-order valence-corrected chi connectivity index (χ0v) is 11.0. The van der Waals surface area contributed by atoms with Crippen LogP contribution in [0, 0.1) is 0 Å². The first-order chi connectivity index (χ1) is 8.46. The van der Waals surface area contributed by atoms with Crippen molar-refractivity contribution in [3.63, 3.8) is 0 Å². The molecule has 1 atom stereocenters. The number of carbonyl (C=O) groups is 1. The van der Waals surface area contributed by atoms with E-state index in [1.807, 2.05) is 0 Å². The maximum Gasteiger partial charge on any atom is 0.260 e. The molecule has 1 aliphatic rings. The molecule has 1 saturated heterocycles. The van der Waals surface area contributed by atoms with Crippen molar-refractivity contribution >= 4 is 17.5 Å². The molecular formula is C13H16ClNO3. The third kappa shape index (κ3) is 3.37. The van der Waals surface area contributed by atoms with E-state index in [4.69, 9.17) is 16.3 Å². The number of ether oxygens (including phenoxy) is 1.